The molecule has 0 bridgehead atoms. The molecular weight excluding hydrogens is 401 g/mol. The lowest BCUT2D eigenvalue weighted by molar-refractivity contribution is -0.119. The second-order valence-corrected chi connectivity index (χ2v) is 7.95. The normalized spacial score (nSPS) is 15.9. The molecular formula is C22H16Cl3NO. The van der Waals surface area contributed by atoms with Crippen molar-refractivity contribution in [1.29, 1.82) is 0 Å². The van der Waals surface area contributed by atoms with Gasteiger partial charge in [0.2, 0.25) is 5.91 Å². The Morgan fingerprint density at radius 2 is 1.41 bits per heavy atom. The van der Waals surface area contributed by atoms with E-state index < -0.39 is 0 Å². The zero-order valence-corrected chi connectivity index (χ0v) is 16.6. The molecule has 4 rings (SSSR count). The number of hydrogen-bond acceptors (Lipinski definition) is 1. The molecule has 1 amide bonds. The topological polar surface area (TPSA) is 20.3 Å². The third kappa shape index (κ3) is 3.84. The fourth-order valence-electron chi connectivity index (χ4n) is 3.56. The molecule has 0 aliphatic carbocycles. The second kappa shape index (κ2) is 7.55. The number of amides is 1. The van der Waals surface area contributed by atoms with Crippen LogP contribution in [0.4, 0.5) is 5.69 Å². The molecule has 0 radical (unpaired) electrons. The number of anilines is 1. The summed E-state index contributed by atoms with van der Waals surface area (Å²) in [5.74, 6) is -0.192. The summed E-state index contributed by atoms with van der Waals surface area (Å²) in [6.07, 6.45) is 0.597. The molecule has 1 unspecified atom stereocenters. The largest absolute Gasteiger partial charge is 0.307 e. The molecule has 1 aliphatic heterocycles. The van der Waals surface area contributed by atoms with Crippen molar-refractivity contribution in [3.05, 3.63) is 98.5 Å². The van der Waals surface area contributed by atoms with Gasteiger partial charge in [0.05, 0.1) is 12.5 Å². The van der Waals surface area contributed by atoms with Gasteiger partial charge in [-0.15, -0.1) is 0 Å². The Bertz CT molecular complexity index is 1020. The number of halogens is 3. The van der Waals surface area contributed by atoms with Crippen LogP contribution in [0.25, 0.3) is 0 Å². The van der Waals surface area contributed by atoms with Gasteiger partial charge in [0.15, 0.2) is 0 Å². The third-order valence-electron chi connectivity index (χ3n) is 4.78. The summed E-state index contributed by atoms with van der Waals surface area (Å²) in [5, 5.41) is 1.94. The van der Waals surface area contributed by atoms with Gasteiger partial charge in [0.25, 0.3) is 0 Å². The van der Waals surface area contributed by atoms with Gasteiger partial charge in [0.1, 0.15) is 0 Å². The summed E-state index contributed by atoms with van der Waals surface area (Å²) >= 11 is 18.4. The number of carbonyl (C=O) groups excluding carboxylic acids is 1. The van der Waals surface area contributed by atoms with Crippen LogP contribution in [0.3, 0.4) is 0 Å². The molecule has 0 saturated heterocycles. The minimum atomic E-state index is -0.255. The lowest BCUT2D eigenvalue weighted by atomic mass is 9.93. The van der Waals surface area contributed by atoms with Crippen LogP contribution in [-0.2, 0) is 17.8 Å². The number of fused-ring (bicyclic) bond motifs is 1. The minimum absolute atomic E-state index is 0.0622. The van der Waals surface area contributed by atoms with E-state index in [2.05, 4.69) is 0 Å². The summed E-state index contributed by atoms with van der Waals surface area (Å²) in [6.45, 7) is 0.457. The molecule has 3 aromatic rings. The highest BCUT2D eigenvalue weighted by molar-refractivity contribution is 6.31. The van der Waals surface area contributed by atoms with Gasteiger partial charge in [0, 0.05) is 20.8 Å². The van der Waals surface area contributed by atoms with E-state index in [9.17, 15) is 4.79 Å². The maximum Gasteiger partial charge on any atom is 0.235 e. The van der Waals surface area contributed by atoms with Crippen LogP contribution in [-0.4, -0.2) is 5.91 Å². The Morgan fingerprint density at radius 1 is 0.778 bits per heavy atom. The monoisotopic (exact) mass is 415 g/mol. The fourth-order valence-corrected chi connectivity index (χ4v) is 4.16. The van der Waals surface area contributed by atoms with E-state index in [0.29, 0.717) is 28.0 Å². The summed E-state index contributed by atoms with van der Waals surface area (Å²) in [7, 11) is 0. The molecule has 0 N–H and O–H groups in total. The van der Waals surface area contributed by atoms with Gasteiger partial charge in [-0.2, -0.15) is 0 Å². The van der Waals surface area contributed by atoms with Crippen LogP contribution in [0.15, 0.2) is 66.7 Å². The first-order valence-electron chi connectivity index (χ1n) is 8.61. The molecule has 5 heteroatoms. The smallest absolute Gasteiger partial charge is 0.235 e. The van der Waals surface area contributed by atoms with Gasteiger partial charge >= 0.3 is 0 Å². The summed E-state index contributed by atoms with van der Waals surface area (Å²) in [5.41, 5.74) is 3.86. The number of rotatable bonds is 4. The fraction of sp³-hybridized carbons (Fsp3) is 0.136. The van der Waals surface area contributed by atoms with E-state index >= 15 is 0 Å². The zero-order chi connectivity index (χ0) is 19.0. The van der Waals surface area contributed by atoms with Crippen molar-refractivity contribution < 1.29 is 4.79 Å². The zero-order valence-electron chi connectivity index (χ0n) is 14.3. The van der Waals surface area contributed by atoms with Gasteiger partial charge in [-0.05, 0) is 59.5 Å². The van der Waals surface area contributed by atoms with E-state index in [-0.39, 0.29) is 11.8 Å². The lowest BCUT2D eigenvalue weighted by Gasteiger charge is -2.18. The Morgan fingerprint density at radius 3 is 2.11 bits per heavy atom. The van der Waals surface area contributed by atoms with Crippen molar-refractivity contribution >= 4 is 46.4 Å². The first-order valence-corrected chi connectivity index (χ1v) is 9.74. The molecule has 0 fully saturated rings. The van der Waals surface area contributed by atoms with E-state index in [1.165, 1.54) is 0 Å². The lowest BCUT2D eigenvalue weighted by Crippen LogP contribution is -2.29. The highest BCUT2D eigenvalue weighted by atomic mass is 35.5. The van der Waals surface area contributed by atoms with Crippen LogP contribution in [0.5, 0.6) is 0 Å². The molecule has 27 heavy (non-hydrogen) atoms. The molecule has 0 aromatic heterocycles. The maximum atomic E-state index is 13.3. The van der Waals surface area contributed by atoms with E-state index in [4.69, 9.17) is 34.8 Å². The molecule has 2 nitrogen and oxygen atoms in total. The first-order chi connectivity index (χ1) is 13.0. The van der Waals surface area contributed by atoms with Crippen LogP contribution in [0.1, 0.15) is 22.6 Å². The maximum absolute atomic E-state index is 13.3. The summed E-state index contributed by atoms with van der Waals surface area (Å²) in [6, 6.07) is 20.8. The average molecular weight is 417 g/mol. The van der Waals surface area contributed by atoms with Crippen molar-refractivity contribution in [2.75, 3.05) is 4.90 Å². The van der Waals surface area contributed by atoms with Gasteiger partial charge in [-0.3, -0.25) is 4.79 Å². The Labute approximate surface area is 173 Å². The molecule has 0 spiro atoms. The number of hydrogen-bond donors (Lipinski definition) is 0. The predicted molar refractivity (Wildman–Crippen MR) is 112 cm³/mol. The second-order valence-electron chi connectivity index (χ2n) is 6.64. The summed E-state index contributed by atoms with van der Waals surface area (Å²) in [4.78, 5) is 15.1. The minimum Gasteiger partial charge on any atom is -0.307 e. The average Bonchev–Trinajstić information content (AvgIpc) is 2.87. The SMILES string of the molecule is O=C1C(Cc2cccc(Cl)c2)c2ccc(Cl)cc2N1Cc1cccc(Cl)c1. The molecule has 0 saturated carbocycles. The van der Waals surface area contributed by atoms with E-state index in [1.807, 2.05) is 66.7 Å². The van der Waals surface area contributed by atoms with Crippen molar-refractivity contribution in [2.45, 2.75) is 18.9 Å². The van der Waals surface area contributed by atoms with E-state index in [1.54, 1.807) is 4.90 Å². The van der Waals surface area contributed by atoms with Gasteiger partial charge < -0.3 is 4.90 Å². The number of nitrogens with zero attached hydrogens (tertiary/aromatic N) is 1. The Balaban J connectivity index is 1.69. The molecule has 3 aromatic carbocycles. The third-order valence-corrected chi connectivity index (χ3v) is 5.49. The standard InChI is InChI=1S/C22H16Cl3NO/c23-16-5-1-3-14(9-16)11-20-19-8-7-18(25)12-21(19)26(22(20)27)13-15-4-2-6-17(24)10-15/h1-10,12,20H,11,13H2. The van der Waals surface area contributed by atoms with Crippen LogP contribution in [0, 0.1) is 0 Å². The van der Waals surface area contributed by atoms with E-state index in [0.717, 1.165) is 22.4 Å². The van der Waals surface area contributed by atoms with Crippen LogP contribution < -0.4 is 4.90 Å². The van der Waals surface area contributed by atoms with Crippen molar-refractivity contribution in [1.82, 2.24) is 0 Å². The number of carbonyl (C=O) groups is 1. The molecule has 1 atom stereocenters. The molecule has 136 valence electrons. The van der Waals surface area contributed by atoms with Crippen LogP contribution in [0.2, 0.25) is 15.1 Å². The molecule has 1 aliphatic rings. The number of benzene rings is 3. The van der Waals surface area contributed by atoms with Gasteiger partial charge in [-0.25, -0.2) is 0 Å². The predicted octanol–water partition coefficient (Wildman–Crippen LogP) is 6.52. The van der Waals surface area contributed by atoms with Crippen molar-refractivity contribution in [2.24, 2.45) is 0 Å². The molecule has 1 heterocycles. The highest BCUT2D eigenvalue weighted by Gasteiger charge is 2.37. The Kier molecular flexibility index (Phi) is 5.14. The Hall–Kier alpha value is -2.00. The highest BCUT2D eigenvalue weighted by Crippen LogP contribution is 2.41. The summed E-state index contributed by atoms with van der Waals surface area (Å²) < 4.78 is 0. The quantitative estimate of drug-likeness (QED) is 0.474. The van der Waals surface area contributed by atoms with Crippen molar-refractivity contribution in [3.8, 4) is 0 Å². The first kappa shape index (κ1) is 18.4. The van der Waals surface area contributed by atoms with Gasteiger partial charge in [-0.1, -0.05) is 65.1 Å². The van der Waals surface area contributed by atoms with Crippen LogP contribution >= 0.6 is 34.8 Å². The van der Waals surface area contributed by atoms with Crippen molar-refractivity contribution in [3.63, 3.8) is 0 Å².